The Morgan fingerprint density at radius 1 is 1.50 bits per heavy atom. The lowest BCUT2D eigenvalue weighted by Gasteiger charge is -2.14. The molecular weight excluding hydrogens is 315 g/mol. The summed E-state index contributed by atoms with van der Waals surface area (Å²) in [7, 11) is 0. The molecule has 1 N–H and O–H groups in total. The van der Waals surface area contributed by atoms with Gasteiger partial charge in [0.15, 0.2) is 0 Å². The second-order valence-corrected chi connectivity index (χ2v) is 5.86. The molecule has 1 aromatic carbocycles. The minimum absolute atomic E-state index is 0.196. The van der Waals surface area contributed by atoms with Gasteiger partial charge in [-0.05, 0) is 40.5 Å². The summed E-state index contributed by atoms with van der Waals surface area (Å²) in [6.07, 6.45) is 2.74. The maximum atomic E-state index is 13.1. The zero-order valence-corrected chi connectivity index (χ0v) is 12.4. The van der Waals surface area contributed by atoms with Gasteiger partial charge in [-0.15, -0.1) is 11.3 Å². The van der Waals surface area contributed by atoms with E-state index in [1.807, 2.05) is 17.6 Å². The van der Waals surface area contributed by atoms with Crippen LogP contribution in [0.3, 0.4) is 0 Å². The van der Waals surface area contributed by atoms with Crippen molar-refractivity contribution in [3.8, 4) is 0 Å². The number of halogens is 2. The zero-order chi connectivity index (χ0) is 13.0. The summed E-state index contributed by atoms with van der Waals surface area (Å²) in [5.74, 6) is -0.228. The van der Waals surface area contributed by atoms with Crippen LogP contribution in [0.4, 0.5) is 4.39 Å². The Balaban J connectivity index is 1.87. The van der Waals surface area contributed by atoms with E-state index in [0.29, 0.717) is 4.47 Å². The van der Waals surface area contributed by atoms with E-state index in [1.54, 1.807) is 17.4 Å². The van der Waals surface area contributed by atoms with Gasteiger partial charge < -0.3 is 5.32 Å². The number of aromatic nitrogens is 1. The molecule has 0 spiro atoms. The number of hydrogen-bond acceptors (Lipinski definition) is 3. The Kier molecular flexibility index (Phi) is 4.86. The van der Waals surface area contributed by atoms with Crippen LogP contribution < -0.4 is 5.32 Å². The van der Waals surface area contributed by atoms with Gasteiger partial charge in [0.05, 0.1) is 9.48 Å². The molecule has 0 aliphatic carbocycles. The molecule has 1 heterocycles. The highest BCUT2D eigenvalue weighted by Gasteiger charge is 2.07. The van der Waals surface area contributed by atoms with Crippen molar-refractivity contribution < 1.29 is 4.39 Å². The summed E-state index contributed by atoms with van der Waals surface area (Å²) in [4.78, 5) is 4.23. The summed E-state index contributed by atoms with van der Waals surface area (Å²) in [6.45, 7) is 2.94. The molecule has 1 aromatic heterocycles. The molecule has 0 aliphatic heterocycles. The third-order valence-corrected chi connectivity index (χ3v) is 4.16. The predicted octanol–water partition coefficient (Wildman–Crippen LogP) is 3.94. The number of nitrogens with one attached hydrogen (secondary N) is 1. The second kappa shape index (κ2) is 6.41. The van der Waals surface area contributed by atoms with Crippen LogP contribution in [0.1, 0.15) is 23.5 Å². The van der Waals surface area contributed by atoms with Crippen LogP contribution in [0.5, 0.6) is 0 Å². The maximum absolute atomic E-state index is 13.1. The van der Waals surface area contributed by atoms with Crippen molar-refractivity contribution in [2.24, 2.45) is 0 Å². The highest BCUT2D eigenvalue weighted by molar-refractivity contribution is 9.10. The van der Waals surface area contributed by atoms with Crippen molar-refractivity contribution in [2.75, 3.05) is 6.54 Å². The summed E-state index contributed by atoms with van der Waals surface area (Å²) >= 11 is 4.87. The molecule has 2 nitrogen and oxygen atoms in total. The zero-order valence-electron chi connectivity index (χ0n) is 9.99. The maximum Gasteiger partial charge on any atom is 0.137 e. The molecule has 18 heavy (non-hydrogen) atoms. The van der Waals surface area contributed by atoms with E-state index in [4.69, 9.17) is 0 Å². The molecule has 1 unspecified atom stereocenters. The normalized spacial score (nSPS) is 12.6. The summed E-state index contributed by atoms with van der Waals surface area (Å²) < 4.78 is 13.6. The molecule has 1 atom stereocenters. The summed E-state index contributed by atoms with van der Waals surface area (Å²) in [5, 5.41) is 6.52. The second-order valence-electron chi connectivity index (χ2n) is 4.03. The molecule has 0 fully saturated rings. The highest BCUT2D eigenvalue weighted by atomic mass is 79.9. The van der Waals surface area contributed by atoms with Crippen LogP contribution >= 0.6 is 27.3 Å². The molecule has 0 aliphatic rings. The summed E-state index contributed by atoms with van der Waals surface area (Å²) in [5.41, 5.74) is 1.07. The largest absolute Gasteiger partial charge is 0.310 e. The van der Waals surface area contributed by atoms with Crippen molar-refractivity contribution in [3.63, 3.8) is 0 Å². The first-order valence-corrected chi connectivity index (χ1v) is 7.41. The number of benzene rings is 1. The molecule has 2 aromatic rings. The van der Waals surface area contributed by atoms with Gasteiger partial charge >= 0.3 is 0 Å². The van der Waals surface area contributed by atoms with Crippen LogP contribution in [0.25, 0.3) is 0 Å². The fraction of sp³-hybridized carbons (Fsp3) is 0.308. The average Bonchev–Trinajstić information content (AvgIpc) is 2.85. The Labute approximate surface area is 118 Å². The lowest BCUT2D eigenvalue weighted by atomic mass is 10.1. The number of thiazole rings is 1. The Bertz CT molecular complexity index is 502. The van der Waals surface area contributed by atoms with Crippen LogP contribution in [-0.4, -0.2) is 11.5 Å². The van der Waals surface area contributed by atoms with Gasteiger partial charge in [0.25, 0.3) is 0 Å². The fourth-order valence-corrected chi connectivity index (χ4v) is 2.69. The number of rotatable bonds is 5. The van der Waals surface area contributed by atoms with Crippen molar-refractivity contribution in [1.29, 1.82) is 0 Å². The Morgan fingerprint density at radius 3 is 3.00 bits per heavy atom. The first-order valence-electron chi connectivity index (χ1n) is 5.73. The van der Waals surface area contributed by atoms with E-state index in [2.05, 4.69) is 33.2 Å². The van der Waals surface area contributed by atoms with Gasteiger partial charge in [-0.2, -0.15) is 0 Å². The molecule has 5 heteroatoms. The van der Waals surface area contributed by atoms with Crippen LogP contribution in [0.15, 0.2) is 34.2 Å². The number of hydrogen-bond donors (Lipinski definition) is 1. The molecule has 0 bridgehead atoms. The van der Waals surface area contributed by atoms with E-state index in [0.717, 1.165) is 23.5 Å². The minimum atomic E-state index is -0.228. The third-order valence-electron chi connectivity index (χ3n) is 2.72. The third kappa shape index (κ3) is 3.60. The van der Waals surface area contributed by atoms with Gasteiger partial charge in [0.2, 0.25) is 0 Å². The first-order chi connectivity index (χ1) is 8.66. The molecule has 0 saturated carbocycles. The van der Waals surface area contributed by atoms with Gasteiger partial charge in [-0.3, -0.25) is 0 Å². The van der Waals surface area contributed by atoms with E-state index in [1.165, 1.54) is 6.07 Å². The van der Waals surface area contributed by atoms with Gasteiger partial charge in [-0.1, -0.05) is 6.07 Å². The van der Waals surface area contributed by atoms with Crippen molar-refractivity contribution in [1.82, 2.24) is 10.3 Å². The Morgan fingerprint density at radius 2 is 2.33 bits per heavy atom. The smallest absolute Gasteiger partial charge is 0.137 e. The lowest BCUT2D eigenvalue weighted by molar-refractivity contribution is 0.571. The van der Waals surface area contributed by atoms with Gasteiger partial charge in [0, 0.05) is 30.6 Å². The van der Waals surface area contributed by atoms with Crippen LogP contribution in [0, 0.1) is 5.82 Å². The van der Waals surface area contributed by atoms with Crippen molar-refractivity contribution in [2.45, 2.75) is 19.4 Å². The van der Waals surface area contributed by atoms with Crippen LogP contribution in [0.2, 0.25) is 0 Å². The lowest BCUT2D eigenvalue weighted by Crippen LogP contribution is -2.21. The first kappa shape index (κ1) is 13.6. The predicted molar refractivity (Wildman–Crippen MR) is 76.3 cm³/mol. The van der Waals surface area contributed by atoms with E-state index < -0.39 is 0 Å². The Hall–Kier alpha value is -0.780. The molecule has 96 valence electrons. The van der Waals surface area contributed by atoms with Gasteiger partial charge in [-0.25, -0.2) is 9.37 Å². The topological polar surface area (TPSA) is 24.9 Å². The van der Waals surface area contributed by atoms with E-state index in [-0.39, 0.29) is 11.9 Å². The molecule has 0 radical (unpaired) electrons. The van der Waals surface area contributed by atoms with Gasteiger partial charge in [0.1, 0.15) is 5.82 Å². The molecule has 0 saturated heterocycles. The standard InChI is InChI=1S/C13H14BrFN2S/c1-9(10-2-3-12(15)11(14)8-10)16-5-4-13-17-6-7-18-13/h2-3,6-9,16H,4-5H2,1H3. The van der Waals surface area contributed by atoms with Crippen molar-refractivity contribution in [3.05, 3.63) is 50.6 Å². The summed E-state index contributed by atoms with van der Waals surface area (Å²) in [6, 6.07) is 5.30. The fourth-order valence-electron chi connectivity index (χ4n) is 1.67. The number of nitrogens with zero attached hydrogens (tertiary/aromatic N) is 1. The molecular formula is C13H14BrFN2S. The molecule has 0 amide bonds. The van der Waals surface area contributed by atoms with E-state index in [9.17, 15) is 4.39 Å². The minimum Gasteiger partial charge on any atom is -0.310 e. The highest BCUT2D eigenvalue weighted by Crippen LogP contribution is 2.21. The van der Waals surface area contributed by atoms with E-state index >= 15 is 0 Å². The van der Waals surface area contributed by atoms with Crippen LogP contribution in [-0.2, 0) is 6.42 Å². The SMILES string of the molecule is CC(NCCc1nccs1)c1ccc(F)c(Br)c1. The monoisotopic (exact) mass is 328 g/mol. The average molecular weight is 329 g/mol. The quantitative estimate of drug-likeness (QED) is 0.899. The molecule has 2 rings (SSSR count). The van der Waals surface area contributed by atoms with Crippen molar-refractivity contribution >= 4 is 27.3 Å².